The summed E-state index contributed by atoms with van der Waals surface area (Å²) in [6, 6.07) is 50.1. The van der Waals surface area contributed by atoms with E-state index in [1.165, 1.54) is 0 Å². The zero-order valence-electron chi connectivity index (χ0n) is 26.8. The lowest BCUT2D eigenvalue weighted by molar-refractivity contribution is 0.437. The zero-order valence-corrected chi connectivity index (χ0v) is 23.8. The third kappa shape index (κ3) is 4.46. The highest BCUT2D eigenvalue weighted by Crippen LogP contribution is 2.47. The molecule has 7 aromatic rings. The molecule has 0 spiro atoms. The number of benzene rings is 6. The predicted octanol–water partition coefficient (Wildman–Crippen LogP) is 10.0. The summed E-state index contributed by atoms with van der Waals surface area (Å²) in [5.41, 5.74) is 8.47. The van der Waals surface area contributed by atoms with Gasteiger partial charge in [0.05, 0.1) is 28.3 Å². The van der Waals surface area contributed by atoms with E-state index in [1.807, 2.05) is 120 Å². The summed E-state index contributed by atoms with van der Waals surface area (Å²) in [5.74, 6) is 0.703. The molecule has 8 rings (SSSR count). The minimum atomic E-state index is -2.24. The fraction of sp³-hybridized carbons (Fsp3) is 0.0513. The fourth-order valence-electron chi connectivity index (χ4n) is 5.97. The quantitative estimate of drug-likeness (QED) is 0.198. The normalized spacial score (nSPS) is 13.8. The number of anilines is 4. The molecule has 0 amide bonds. The molecule has 0 saturated heterocycles. The first-order valence-corrected chi connectivity index (χ1v) is 14.6. The number of nitrogens with zero attached hydrogens (tertiary/aromatic N) is 4. The van der Waals surface area contributed by atoms with E-state index in [0.717, 1.165) is 45.0 Å². The number of fused-ring (bicyclic) bond motifs is 2. The van der Waals surface area contributed by atoms with Gasteiger partial charge in [-0.3, -0.25) is 4.57 Å². The van der Waals surface area contributed by atoms with Crippen LogP contribution in [0, 0.1) is 6.85 Å². The van der Waals surface area contributed by atoms with Gasteiger partial charge in [-0.1, -0.05) is 91.0 Å². The van der Waals surface area contributed by atoms with Crippen LogP contribution in [0.4, 0.5) is 22.7 Å². The number of hydrogen-bond donors (Lipinski definition) is 0. The monoisotopic (exact) mass is 573 g/mol. The Morgan fingerprint density at radius 2 is 1.27 bits per heavy atom. The molecule has 0 N–H and O–H groups in total. The van der Waals surface area contributed by atoms with Gasteiger partial charge in [0.1, 0.15) is 17.9 Å². The van der Waals surface area contributed by atoms with Crippen LogP contribution in [-0.2, 0) is 0 Å². The highest BCUT2D eigenvalue weighted by molar-refractivity contribution is 5.97. The van der Waals surface area contributed by atoms with Crippen molar-refractivity contribution in [2.75, 3.05) is 16.5 Å². The number of hydrogen-bond acceptors (Lipinski definition) is 4. The van der Waals surface area contributed by atoms with Crippen LogP contribution in [0.25, 0.3) is 27.8 Å². The molecule has 1 aliphatic heterocycles. The number of ether oxygens (including phenoxy) is 1. The van der Waals surface area contributed by atoms with Gasteiger partial charge in [-0.2, -0.15) is 4.98 Å². The smallest absolute Gasteiger partial charge is 0.307 e. The van der Waals surface area contributed by atoms with Crippen LogP contribution in [0.3, 0.4) is 0 Å². The molecule has 44 heavy (non-hydrogen) atoms. The maximum atomic E-state index is 8.23. The van der Waals surface area contributed by atoms with E-state index in [1.54, 1.807) is 6.07 Å². The van der Waals surface area contributed by atoms with Crippen molar-refractivity contribution in [1.29, 1.82) is 0 Å². The number of rotatable bonds is 6. The van der Waals surface area contributed by atoms with Gasteiger partial charge in [-0.05, 0) is 84.2 Å². The van der Waals surface area contributed by atoms with Crippen LogP contribution in [0.1, 0.15) is 9.68 Å². The molecule has 5 heteroatoms. The van der Waals surface area contributed by atoms with Crippen molar-refractivity contribution >= 4 is 33.8 Å². The van der Waals surface area contributed by atoms with Crippen LogP contribution >= 0.6 is 0 Å². The molecular formula is C39H30N4O. The van der Waals surface area contributed by atoms with E-state index >= 15 is 0 Å². The van der Waals surface area contributed by atoms with Crippen molar-refractivity contribution in [2.45, 2.75) is 6.85 Å². The fourth-order valence-corrected chi connectivity index (χ4v) is 5.97. The summed E-state index contributed by atoms with van der Waals surface area (Å²) in [6.45, 7) is -1.74. The molecule has 0 unspecified atom stereocenters. The Bertz CT molecular complexity index is 2200. The Morgan fingerprint density at radius 3 is 2.02 bits per heavy atom. The summed E-state index contributed by atoms with van der Waals surface area (Å²) in [5, 5.41) is 0. The van der Waals surface area contributed by atoms with Crippen molar-refractivity contribution in [3.8, 4) is 28.6 Å². The first kappa shape index (κ1) is 22.7. The number of para-hydroxylation sites is 5. The molecule has 6 aromatic carbocycles. The van der Waals surface area contributed by atoms with Crippen LogP contribution in [-0.4, -0.2) is 16.2 Å². The van der Waals surface area contributed by atoms with Gasteiger partial charge in [-0.15, -0.1) is 0 Å². The summed E-state index contributed by atoms with van der Waals surface area (Å²) < 4.78 is 33.1. The van der Waals surface area contributed by atoms with Gasteiger partial charge in [0.15, 0.2) is 0 Å². The van der Waals surface area contributed by atoms with Crippen molar-refractivity contribution in [1.82, 2.24) is 9.55 Å². The third-order valence-corrected chi connectivity index (χ3v) is 8.04. The molecule has 0 fully saturated rings. The Morgan fingerprint density at radius 1 is 0.614 bits per heavy atom. The molecule has 2 heterocycles. The lowest BCUT2D eigenvalue weighted by Gasteiger charge is -2.23. The molecule has 1 aromatic heterocycles. The Balaban J connectivity index is 1.26. The minimum Gasteiger partial charge on any atom is -0.425 e. The molecular weight excluding hydrogens is 540 g/mol. The number of imidazole rings is 1. The molecule has 1 aliphatic rings. The van der Waals surface area contributed by atoms with Gasteiger partial charge >= 0.3 is 6.01 Å². The Kier molecular flexibility index (Phi) is 5.58. The van der Waals surface area contributed by atoms with Crippen LogP contribution in [0.2, 0.25) is 0 Å². The molecule has 0 saturated carbocycles. The van der Waals surface area contributed by atoms with Crippen molar-refractivity contribution in [2.24, 2.45) is 0 Å². The summed E-state index contributed by atoms with van der Waals surface area (Å²) in [6.07, 6.45) is 0. The van der Waals surface area contributed by atoms with E-state index in [2.05, 4.69) is 40.1 Å². The van der Waals surface area contributed by atoms with Gasteiger partial charge in [0.25, 0.3) is 0 Å². The van der Waals surface area contributed by atoms with Crippen molar-refractivity contribution in [3.63, 3.8) is 0 Å². The topological polar surface area (TPSA) is 33.5 Å². The second kappa shape index (κ2) is 10.8. The maximum absolute atomic E-state index is 8.23. The number of aromatic nitrogens is 2. The van der Waals surface area contributed by atoms with Crippen LogP contribution < -0.4 is 14.5 Å². The van der Waals surface area contributed by atoms with Gasteiger partial charge < -0.3 is 14.5 Å². The first-order valence-electron chi connectivity index (χ1n) is 16.1. The highest BCUT2D eigenvalue weighted by Gasteiger charge is 2.30. The molecule has 0 aliphatic carbocycles. The highest BCUT2D eigenvalue weighted by atomic mass is 16.5. The Labute approximate surface area is 261 Å². The second-order valence-corrected chi connectivity index (χ2v) is 10.7. The largest absolute Gasteiger partial charge is 0.425 e. The molecule has 5 nitrogen and oxygen atoms in total. The zero-order chi connectivity index (χ0) is 32.0. The lowest BCUT2D eigenvalue weighted by Crippen LogP contribution is -2.24. The molecule has 0 bridgehead atoms. The van der Waals surface area contributed by atoms with Crippen molar-refractivity contribution in [3.05, 3.63) is 157 Å². The maximum Gasteiger partial charge on any atom is 0.307 e. The van der Waals surface area contributed by atoms with Crippen molar-refractivity contribution < 1.29 is 8.85 Å². The summed E-state index contributed by atoms with van der Waals surface area (Å²) in [4.78, 5) is 9.59. The standard InChI is InChI=1S/C39H30N4O/c1-28-24-25-31(26-33(28)29-14-5-2-6-15-29)41-27-42(35-21-12-11-20-34(35)41)36-22-13-23-37-38(36)40-39(44-32-18-9-4-10-19-32)43(37)30-16-7-3-8-17-30/h2-26H,27H2,1H3/i1D3. The molecule has 0 atom stereocenters. The van der Waals surface area contributed by atoms with E-state index in [4.69, 9.17) is 13.8 Å². The molecule has 0 radical (unpaired) electrons. The van der Waals surface area contributed by atoms with Crippen LogP contribution in [0.15, 0.2) is 152 Å². The third-order valence-electron chi connectivity index (χ3n) is 8.04. The van der Waals surface area contributed by atoms with E-state index in [-0.39, 0.29) is 0 Å². The van der Waals surface area contributed by atoms with Gasteiger partial charge in [-0.25, -0.2) is 0 Å². The van der Waals surface area contributed by atoms with E-state index in [0.29, 0.717) is 29.6 Å². The Hall–Kier alpha value is -5.81. The van der Waals surface area contributed by atoms with E-state index < -0.39 is 6.85 Å². The van der Waals surface area contributed by atoms with Crippen LogP contribution in [0.5, 0.6) is 11.8 Å². The van der Waals surface area contributed by atoms with Gasteiger partial charge in [0.2, 0.25) is 0 Å². The summed E-state index contributed by atoms with van der Waals surface area (Å²) >= 11 is 0. The average Bonchev–Trinajstić information content (AvgIpc) is 3.67. The second-order valence-electron chi connectivity index (χ2n) is 10.7. The lowest BCUT2D eigenvalue weighted by atomic mass is 9.99. The predicted molar refractivity (Wildman–Crippen MR) is 180 cm³/mol. The SMILES string of the molecule is [2H]C([2H])([2H])c1ccc(N2CN(c3cccc4c3nc(Oc3ccccc3)n4-c3ccccc3)c3ccccc32)cc1-c1ccccc1. The van der Waals surface area contributed by atoms with Gasteiger partial charge in [0, 0.05) is 9.80 Å². The average molecular weight is 574 g/mol. The summed E-state index contributed by atoms with van der Waals surface area (Å²) in [7, 11) is 0. The minimum absolute atomic E-state index is 0.332. The number of aryl methyl sites for hydroxylation is 1. The molecule has 212 valence electrons. The van der Waals surface area contributed by atoms with E-state index in [9.17, 15) is 0 Å². The first-order chi connectivity index (χ1) is 23.0.